The fourth-order valence-corrected chi connectivity index (χ4v) is 3.81. The van der Waals surface area contributed by atoms with E-state index in [4.69, 9.17) is 4.52 Å². The number of hydrogen-bond donors (Lipinski definition) is 1. The first-order valence-electron chi connectivity index (χ1n) is 7.34. The lowest BCUT2D eigenvalue weighted by atomic mass is 10.1. The molecular formula is C15H16N4O2S. The molecule has 1 atom stereocenters. The minimum atomic E-state index is -0.0528. The number of rotatable bonds is 3. The van der Waals surface area contributed by atoms with Gasteiger partial charge in [0.15, 0.2) is 0 Å². The first-order chi connectivity index (χ1) is 10.7. The molecule has 22 heavy (non-hydrogen) atoms. The predicted molar refractivity (Wildman–Crippen MR) is 83.9 cm³/mol. The summed E-state index contributed by atoms with van der Waals surface area (Å²) in [5, 5.41) is 6.04. The minimum Gasteiger partial charge on any atom is -0.361 e. The number of nitrogens with one attached hydrogen (secondary N) is 1. The molecule has 114 valence electrons. The SMILES string of the molecule is Cc1cc([C@H]2CCCN2Cc2nc3ccsc3c(=O)[nH]2)no1. The zero-order chi connectivity index (χ0) is 15.1. The highest BCUT2D eigenvalue weighted by Crippen LogP contribution is 2.32. The molecule has 0 aromatic carbocycles. The van der Waals surface area contributed by atoms with E-state index in [2.05, 4.69) is 20.0 Å². The monoisotopic (exact) mass is 316 g/mol. The molecule has 0 saturated carbocycles. The Hall–Kier alpha value is -1.99. The van der Waals surface area contributed by atoms with Crippen molar-refractivity contribution in [3.8, 4) is 0 Å². The van der Waals surface area contributed by atoms with E-state index < -0.39 is 0 Å². The van der Waals surface area contributed by atoms with E-state index in [9.17, 15) is 4.79 Å². The molecule has 3 aromatic heterocycles. The van der Waals surface area contributed by atoms with Gasteiger partial charge in [0.25, 0.3) is 5.56 Å². The largest absolute Gasteiger partial charge is 0.361 e. The van der Waals surface area contributed by atoms with Gasteiger partial charge in [-0.1, -0.05) is 5.16 Å². The Morgan fingerprint density at radius 1 is 1.55 bits per heavy atom. The molecule has 3 aromatic rings. The highest BCUT2D eigenvalue weighted by Gasteiger charge is 2.29. The zero-order valence-corrected chi connectivity index (χ0v) is 13.0. The summed E-state index contributed by atoms with van der Waals surface area (Å²) in [5.74, 6) is 1.54. The van der Waals surface area contributed by atoms with Crippen molar-refractivity contribution in [1.82, 2.24) is 20.0 Å². The van der Waals surface area contributed by atoms with Crippen LogP contribution in [0.15, 0.2) is 26.8 Å². The molecule has 0 bridgehead atoms. The van der Waals surface area contributed by atoms with E-state index in [0.717, 1.165) is 36.4 Å². The van der Waals surface area contributed by atoms with E-state index in [1.807, 2.05) is 24.4 Å². The van der Waals surface area contributed by atoms with Crippen LogP contribution < -0.4 is 5.56 Å². The van der Waals surface area contributed by atoms with Crippen molar-refractivity contribution in [2.45, 2.75) is 32.4 Å². The minimum absolute atomic E-state index is 0.0528. The third-order valence-corrected chi connectivity index (χ3v) is 4.97. The first kappa shape index (κ1) is 13.7. The van der Waals surface area contributed by atoms with Gasteiger partial charge in [-0.3, -0.25) is 9.69 Å². The molecular weight excluding hydrogens is 300 g/mol. The second-order valence-corrected chi connectivity index (χ2v) is 6.55. The molecule has 0 radical (unpaired) electrons. The molecule has 1 N–H and O–H groups in total. The van der Waals surface area contributed by atoms with Gasteiger partial charge in [-0.25, -0.2) is 4.98 Å². The number of H-pyrrole nitrogens is 1. The van der Waals surface area contributed by atoms with Crippen molar-refractivity contribution in [2.75, 3.05) is 6.54 Å². The second kappa shape index (κ2) is 5.33. The molecule has 0 unspecified atom stereocenters. The molecule has 0 spiro atoms. The lowest BCUT2D eigenvalue weighted by Crippen LogP contribution is -2.25. The zero-order valence-electron chi connectivity index (χ0n) is 12.2. The third-order valence-electron chi connectivity index (χ3n) is 4.07. The first-order valence-corrected chi connectivity index (χ1v) is 8.22. The molecule has 1 fully saturated rings. The lowest BCUT2D eigenvalue weighted by molar-refractivity contribution is 0.231. The van der Waals surface area contributed by atoms with Crippen LogP contribution in [0.1, 0.15) is 36.2 Å². The van der Waals surface area contributed by atoms with Crippen molar-refractivity contribution in [2.24, 2.45) is 0 Å². The number of aromatic nitrogens is 3. The van der Waals surface area contributed by atoms with Crippen molar-refractivity contribution in [3.05, 3.63) is 45.1 Å². The van der Waals surface area contributed by atoms with Crippen LogP contribution in [0, 0.1) is 6.92 Å². The van der Waals surface area contributed by atoms with Crippen LogP contribution >= 0.6 is 11.3 Å². The van der Waals surface area contributed by atoms with Gasteiger partial charge < -0.3 is 9.51 Å². The van der Waals surface area contributed by atoms with Gasteiger partial charge in [0.05, 0.1) is 18.1 Å². The summed E-state index contributed by atoms with van der Waals surface area (Å²) in [4.78, 5) is 21.8. The van der Waals surface area contributed by atoms with Gasteiger partial charge in [0, 0.05) is 6.07 Å². The van der Waals surface area contributed by atoms with Crippen LogP contribution in [0.25, 0.3) is 10.2 Å². The summed E-state index contributed by atoms with van der Waals surface area (Å²) in [6.45, 7) is 3.50. The Balaban J connectivity index is 1.62. The number of likely N-dealkylation sites (tertiary alicyclic amines) is 1. The van der Waals surface area contributed by atoms with Gasteiger partial charge in [-0.05, 0) is 37.8 Å². The summed E-state index contributed by atoms with van der Waals surface area (Å²) in [6, 6.07) is 4.11. The highest BCUT2D eigenvalue weighted by molar-refractivity contribution is 7.17. The maximum Gasteiger partial charge on any atom is 0.268 e. The summed E-state index contributed by atoms with van der Waals surface area (Å²) in [7, 11) is 0. The van der Waals surface area contributed by atoms with E-state index in [0.29, 0.717) is 17.1 Å². The summed E-state index contributed by atoms with van der Waals surface area (Å²) in [5.41, 5.74) is 1.69. The van der Waals surface area contributed by atoms with Crippen LogP contribution in [0.3, 0.4) is 0 Å². The van der Waals surface area contributed by atoms with E-state index in [1.165, 1.54) is 11.3 Å². The highest BCUT2D eigenvalue weighted by atomic mass is 32.1. The van der Waals surface area contributed by atoms with Gasteiger partial charge in [0.1, 0.15) is 22.0 Å². The van der Waals surface area contributed by atoms with E-state index in [1.54, 1.807) is 0 Å². The summed E-state index contributed by atoms with van der Waals surface area (Å²) >= 11 is 1.42. The van der Waals surface area contributed by atoms with Gasteiger partial charge in [0.2, 0.25) is 0 Å². The molecule has 7 heteroatoms. The van der Waals surface area contributed by atoms with Crippen LogP contribution in [0.2, 0.25) is 0 Å². The number of aromatic amines is 1. The molecule has 6 nitrogen and oxygen atoms in total. The van der Waals surface area contributed by atoms with E-state index >= 15 is 0 Å². The molecule has 4 heterocycles. The number of fused-ring (bicyclic) bond motifs is 1. The number of aryl methyl sites for hydroxylation is 1. The maximum atomic E-state index is 12.1. The van der Waals surface area contributed by atoms with Crippen LogP contribution in [-0.4, -0.2) is 26.6 Å². The van der Waals surface area contributed by atoms with Crippen LogP contribution in [0.4, 0.5) is 0 Å². The molecule has 4 rings (SSSR count). The van der Waals surface area contributed by atoms with Gasteiger partial charge >= 0.3 is 0 Å². The topological polar surface area (TPSA) is 75.0 Å². The fourth-order valence-electron chi connectivity index (χ4n) is 3.08. The number of thiophene rings is 1. The Bertz CT molecular complexity index is 866. The third kappa shape index (κ3) is 2.36. The Kier molecular flexibility index (Phi) is 3.31. The second-order valence-electron chi connectivity index (χ2n) is 5.64. The average molecular weight is 316 g/mol. The molecule has 1 aliphatic heterocycles. The summed E-state index contributed by atoms with van der Waals surface area (Å²) < 4.78 is 5.88. The van der Waals surface area contributed by atoms with Crippen LogP contribution in [-0.2, 0) is 6.54 Å². The predicted octanol–water partition coefficient (Wildman–Crippen LogP) is 2.62. The van der Waals surface area contributed by atoms with Crippen molar-refractivity contribution >= 4 is 21.6 Å². The average Bonchev–Trinajstić information content (AvgIpc) is 3.19. The molecule has 1 saturated heterocycles. The molecule has 1 aliphatic rings. The number of nitrogens with zero attached hydrogens (tertiary/aromatic N) is 3. The quantitative estimate of drug-likeness (QED) is 0.804. The van der Waals surface area contributed by atoms with E-state index in [-0.39, 0.29) is 11.6 Å². The van der Waals surface area contributed by atoms with Crippen molar-refractivity contribution in [3.63, 3.8) is 0 Å². The Labute approximate surface area is 130 Å². The Morgan fingerprint density at radius 2 is 2.45 bits per heavy atom. The number of hydrogen-bond acceptors (Lipinski definition) is 6. The lowest BCUT2D eigenvalue weighted by Gasteiger charge is -2.21. The molecule has 0 amide bonds. The van der Waals surface area contributed by atoms with Crippen molar-refractivity contribution < 1.29 is 4.52 Å². The Morgan fingerprint density at radius 3 is 3.27 bits per heavy atom. The molecule has 0 aliphatic carbocycles. The standard InChI is InChI=1S/C15H16N4O2S/c1-9-7-11(18-21-9)12-3-2-5-19(12)8-13-16-10-4-6-22-14(10)15(20)17-13/h4,6-7,12H,2-3,5,8H2,1H3,(H,16,17,20)/t12-/m1/s1. The smallest absolute Gasteiger partial charge is 0.268 e. The maximum absolute atomic E-state index is 12.1. The summed E-state index contributed by atoms with van der Waals surface area (Å²) in [6.07, 6.45) is 2.17. The fraction of sp³-hybridized carbons (Fsp3) is 0.400. The van der Waals surface area contributed by atoms with Crippen molar-refractivity contribution in [1.29, 1.82) is 0 Å². The van der Waals surface area contributed by atoms with Gasteiger partial charge in [-0.15, -0.1) is 11.3 Å². The van der Waals surface area contributed by atoms with Gasteiger partial charge in [-0.2, -0.15) is 0 Å². The van der Waals surface area contributed by atoms with Crippen LogP contribution in [0.5, 0.6) is 0 Å². The normalized spacial score (nSPS) is 19.2.